The highest BCUT2D eigenvalue weighted by Gasteiger charge is 2.16. The van der Waals surface area contributed by atoms with Gasteiger partial charge in [0.1, 0.15) is 0 Å². The second-order valence-electron chi connectivity index (χ2n) is 3.92. The van der Waals surface area contributed by atoms with E-state index in [1.165, 1.54) is 13.2 Å². The Morgan fingerprint density at radius 1 is 1.67 bits per heavy atom. The molecule has 1 aromatic heterocycles. The summed E-state index contributed by atoms with van der Waals surface area (Å²) in [6, 6.07) is 5.15. The van der Waals surface area contributed by atoms with Crippen LogP contribution in [0.1, 0.15) is 23.8 Å². The number of aromatic nitrogens is 1. The zero-order chi connectivity index (χ0) is 13.7. The number of carbonyl (C=O) groups excluding carboxylic acids is 1. The standard InChI is InChI=1S/C12H16N4O2/c1-8(6-7-13)16(2)11-9(14)4-5-10(15-11)12(17)18-3/h4-5,8H,6,14H2,1-3H3. The van der Waals surface area contributed by atoms with Gasteiger partial charge >= 0.3 is 5.97 Å². The third kappa shape index (κ3) is 2.88. The second kappa shape index (κ2) is 5.87. The number of ether oxygens (including phenoxy) is 1. The first-order chi connectivity index (χ1) is 8.51. The first kappa shape index (κ1) is 13.8. The van der Waals surface area contributed by atoms with Crippen molar-refractivity contribution in [1.82, 2.24) is 4.98 Å². The van der Waals surface area contributed by atoms with E-state index in [9.17, 15) is 4.79 Å². The van der Waals surface area contributed by atoms with E-state index >= 15 is 0 Å². The van der Waals surface area contributed by atoms with E-state index < -0.39 is 5.97 Å². The number of nitrogens with zero attached hydrogens (tertiary/aromatic N) is 3. The van der Waals surface area contributed by atoms with Gasteiger partial charge in [-0.05, 0) is 19.1 Å². The van der Waals surface area contributed by atoms with E-state index in [1.807, 2.05) is 6.92 Å². The maximum absolute atomic E-state index is 11.4. The molecule has 0 aliphatic heterocycles. The van der Waals surface area contributed by atoms with Crippen LogP contribution >= 0.6 is 0 Å². The fraction of sp³-hybridized carbons (Fsp3) is 0.417. The van der Waals surface area contributed by atoms with Crippen LogP contribution in [0.25, 0.3) is 0 Å². The van der Waals surface area contributed by atoms with E-state index in [0.29, 0.717) is 17.9 Å². The lowest BCUT2D eigenvalue weighted by Gasteiger charge is -2.25. The summed E-state index contributed by atoms with van der Waals surface area (Å²) in [7, 11) is 3.07. The maximum atomic E-state index is 11.4. The number of nitriles is 1. The van der Waals surface area contributed by atoms with Crippen molar-refractivity contribution < 1.29 is 9.53 Å². The summed E-state index contributed by atoms with van der Waals surface area (Å²) in [4.78, 5) is 17.3. The molecule has 0 amide bonds. The molecule has 1 atom stereocenters. The molecular weight excluding hydrogens is 232 g/mol. The zero-order valence-corrected chi connectivity index (χ0v) is 10.7. The molecule has 1 unspecified atom stereocenters. The molecule has 1 heterocycles. The number of hydrogen-bond acceptors (Lipinski definition) is 6. The fourth-order valence-electron chi connectivity index (χ4n) is 1.44. The Kier molecular flexibility index (Phi) is 4.49. The van der Waals surface area contributed by atoms with Crippen LogP contribution in [-0.2, 0) is 4.74 Å². The fourth-order valence-corrected chi connectivity index (χ4v) is 1.44. The summed E-state index contributed by atoms with van der Waals surface area (Å²) in [5.41, 5.74) is 6.47. The average Bonchev–Trinajstić information content (AvgIpc) is 2.37. The number of hydrogen-bond donors (Lipinski definition) is 1. The molecule has 0 spiro atoms. The van der Waals surface area contributed by atoms with Crippen molar-refractivity contribution in [3.63, 3.8) is 0 Å². The second-order valence-corrected chi connectivity index (χ2v) is 3.92. The van der Waals surface area contributed by atoms with Crippen molar-refractivity contribution in [3.8, 4) is 6.07 Å². The summed E-state index contributed by atoms with van der Waals surface area (Å²) in [5, 5.41) is 8.68. The van der Waals surface area contributed by atoms with Crippen molar-refractivity contribution in [2.45, 2.75) is 19.4 Å². The van der Waals surface area contributed by atoms with Crippen LogP contribution in [0.2, 0.25) is 0 Å². The lowest BCUT2D eigenvalue weighted by molar-refractivity contribution is 0.0594. The van der Waals surface area contributed by atoms with Crippen molar-refractivity contribution in [2.24, 2.45) is 0 Å². The van der Waals surface area contributed by atoms with Crippen molar-refractivity contribution in [1.29, 1.82) is 5.26 Å². The Labute approximate surface area is 106 Å². The van der Waals surface area contributed by atoms with Gasteiger partial charge < -0.3 is 15.4 Å². The molecule has 6 nitrogen and oxygen atoms in total. The number of pyridine rings is 1. The van der Waals surface area contributed by atoms with Crippen LogP contribution in [0.5, 0.6) is 0 Å². The van der Waals surface area contributed by atoms with E-state index in [0.717, 1.165) is 0 Å². The van der Waals surface area contributed by atoms with Crippen LogP contribution in [-0.4, -0.2) is 31.2 Å². The van der Waals surface area contributed by atoms with Gasteiger partial charge in [0.2, 0.25) is 0 Å². The van der Waals surface area contributed by atoms with E-state index in [4.69, 9.17) is 11.0 Å². The number of rotatable bonds is 4. The van der Waals surface area contributed by atoms with Crippen LogP contribution in [0.15, 0.2) is 12.1 Å². The third-order valence-electron chi connectivity index (χ3n) is 2.68. The van der Waals surface area contributed by atoms with Crippen molar-refractivity contribution in [2.75, 3.05) is 24.8 Å². The molecule has 0 aliphatic rings. The molecule has 1 rings (SSSR count). The van der Waals surface area contributed by atoms with Gasteiger partial charge in [0.05, 0.1) is 25.3 Å². The monoisotopic (exact) mass is 248 g/mol. The van der Waals surface area contributed by atoms with E-state index in [2.05, 4.69) is 15.8 Å². The molecule has 0 radical (unpaired) electrons. The predicted octanol–water partition coefficient (Wildman–Crippen LogP) is 1.19. The van der Waals surface area contributed by atoms with Crippen LogP contribution < -0.4 is 10.6 Å². The molecule has 0 aliphatic carbocycles. The van der Waals surface area contributed by atoms with E-state index in [1.54, 1.807) is 18.0 Å². The Bertz CT molecular complexity index is 481. The minimum Gasteiger partial charge on any atom is -0.464 e. The Hall–Kier alpha value is -2.29. The van der Waals surface area contributed by atoms with Crippen LogP contribution in [0.4, 0.5) is 11.5 Å². The Balaban J connectivity index is 3.08. The van der Waals surface area contributed by atoms with Gasteiger partial charge in [-0.1, -0.05) is 0 Å². The SMILES string of the molecule is COC(=O)c1ccc(N)c(N(C)C(C)CC#N)n1. The average molecular weight is 248 g/mol. The zero-order valence-electron chi connectivity index (χ0n) is 10.7. The first-order valence-corrected chi connectivity index (χ1v) is 5.45. The van der Waals surface area contributed by atoms with Crippen molar-refractivity contribution >= 4 is 17.5 Å². The van der Waals surface area contributed by atoms with Gasteiger partial charge in [0.15, 0.2) is 11.5 Å². The quantitative estimate of drug-likeness (QED) is 0.804. The van der Waals surface area contributed by atoms with Crippen LogP contribution in [0.3, 0.4) is 0 Å². The third-order valence-corrected chi connectivity index (χ3v) is 2.68. The van der Waals surface area contributed by atoms with Gasteiger partial charge in [-0.3, -0.25) is 0 Å². The highest BCUT2D eigenvalue weighted by atomic mass is 16.5. The molecule has 0 saturated carbocycles. The van der Waals surface area contributed by atoms with Gasteiger partial charge in [0.25, 0.3) is 0 Å². The summed E-state index contributed by atoms with van der Waals surface area (Å²) < 4.78 is 4.61. The summed E-state index contributed by atoms with van der Waals surface area (Å²) >= 11 is 0. The smallest absolute Gasteiger partial charge is 0.356 e. The molecule has 1 aromatic rings. The van der Waals surface area contributed by atoms with Gasteiger partial charge in [0, 0.05) is 13.1 Å². The van der Waals surface area contributed by atoms with Gasteiger partial charge in [-0.15, -0.1) is 0 Å². The van der Waals surface area contributed by atoms with E-state index in [-0.39, 0.29) is 11.7 Å². The number of esters is 1. The summed E-state index contributed by atoms with van der Waals surface area (Å²) in [5.74, 6) is -0.0433. The lowest BCUT2D eigenvalue weighted by Crippen LogP contribution is -2.30. The molecule has 18 heavy (non-hydrogen) atoms. The summed E-state index contributed by atoms with van der Waals surface area (Å²) in [6.45, 7) is 1.88. The Morgan fingerprint density at radius 3 is 2.89 bits per heavy atom. The minimum absolute atomic E-state index is 0.0438. The normalized spacial score (nSPS) is 11.4. The van der Waals surface area contributed by atoms with Gasteiger partial charge in [-0.2, -0.15) is 5.26 Å². The highest BCUT2D eigenvalue weighted by Crippen LogP contribution is 2.22. The topological polar surface area (TPSA) is 92.2 Å². The molecule has 96 valence electrons. The van der Waals surface area contributed by atoms with Gasteiger partial charge in [-0.25, -0.2) is 9.78 Å². The first-order valence-electron chi connectivity index (χ1n) is 5.45. The molecule has 0 aromatic carbocycles. The Morgan fingerprint density at radius 2 is 2.33 bits per heavy atom. The van der Waals surface area contributed by atoms with Crippen molar-refractivity contribution in [3.05, 3.63) is 17.8 Å². The minimum atomic E-state index is -0.516. The molecule has 2 N–H and O–H groups in total. The molecular formula is C12H16N4O2. The number of nitrogen functional groups attached to an aromatic ring is 1. The number of carbonyl (C=O) groups is 1. The number of anilines is 2. The number of methoxy groups -OCH3 is 1. The summed E-state index contributed by atoms with van der Waals surface area (Å²) in [6.07, 6.45) is 0.347. The maximum Gasteiger partial charge on any atom is 0.356 e. The largest absolute Gasteiger partial charge is 0.464 e. The highest BCUT2D eigenvalue weighted by molar-refractivity contribution is 5.88. The lowest BCUT2D eigenvalue weighted by atomic mass is 10.2. The van der Waals surface area contributed by atoms with Crippen LogP contribution in [0, 0.1) is 11.3 Å². The molecule has 0 bridgehead atoms. The molecule has 0 fully saturated rings. The predicted molar refractivity (Wildman–Crippen MR) is 68.1 cm³/mol. The molecule has 6 heteroatoms. The number of nitrogens with two attached hydrogens (primary N) is 1. The molecule has 0 saturated heterocycles.